The highest BCUT2D eigenvalue weighted by Gasteiger charge is 2.02. The number of aromatic nitrogens is 2. The van der Waals surface area contributed by atoms with E-state index in [9.17, 15) is 0 Å². The largest absolute Gasteiger partial charge is 0.238 e. The molecule has 1 aromatic heterocycles. The lowest BCUT2D eigenvalue weighted by Crippen LogP contribution is -1.97. The Balaban J connectivity index is 0.000000581. The van der Waals surface area contributed by atoms with Crippen LogP contribution < -0.4 is 0 Å². The molecule has 17 heavy (non-hydrogen) atoms. The zero-order valence-corrected chi connectivity index (χ0v) is 11.9. The van der Waals surface area contributed by atoms with Gasteiger partial charge in [-0.15, -0.1) is 0 Å². The molecule has 0 radical (unpaired) electrons. The van der Waals surface area contributed by atoms with Crippen molar-refractivity contribution in [3.05, 3.63) is 47.8 Å². The molecule has 0 N–H and O–H groups in total. The number of rotatable bonds is 1. The Kier molecular flexibility index (Phi) is 7.78. The van der Waals surface area contributed by atoms with E-state index in [1.807, 2.05) is 56.8 Å². The molecule has 0 aliphatic rings. The molecular formula is C15H24N2. The third kappa shape index (κ3) is 4.06. The van der Waals surface area contributed by atoms with Gasteiger partial charge in [-0.3, -0.25) is 0 Å². The molecule has 2 rings (SSSR count). The molecule has 94 valence electrons. The summed E-state index contributed by atoms with van der Waals surface area (Å²) in [5.41, 5.74) is 3.54. The first-order valence-corrected chi connectivity index (χ1v) is 6.35. The van der Waals surface area contributed by atoms with Gasteiger partial charge in [-0.25, -0.2) is 4.68 Å². The lowest BCUT2D eigenvalue weighted by molar-refractivity contribution is 0.846. The van der Waals surface area contributed by atoms with E-state index < -0.39 is 0 Å². The molecule has 0 aliphatic carbocycles. The van der Waals surface area contributed by atoms with Crippen molar-refractivity contribution in [1.29, 1.82) is 0 Å². The highest BCUT2D eigenvalue weighted by atomic mass is 15.3. The number of benzene rings is 1. The maximum absolute atomic E-state index is 4.30. The van der Waals surface area contributed by atoms with Crippen LogP contribution in [0.25, 0.3) is 5.69 Å². The minimum absolute atomic E-state index is 1.12. The third-order valence-corrected chi connectivity index (χ3v) is 2.26. The summed E-state index contributed by atoms with van der Waals surface area (Å²) < 4.78 is 1.95. The highest BCUT2D eigenvalue weighted by Crippen LogP contribution is 2.12. The van der Waals surface area contributed by atoms with Gasteiger partial charge in [-0.1, -0.05) is 45.9 Å². The highest BCUT2D eigenvalue weighted by molar-refractivity contribution is 5.33. The van der Waals surface area contributed by atoms with E-state index in [2.05, 4.69) is 31.1 Å². The first-order valence-electron chi connectivity index (χ1n) is 6.35. The van der Waals surface area contributed by atoms with Gasteiger partial charge in [0.15, 0.2) is 0 Å². The van der Waals surface area contributed by atoms with Crippen LogP contribution in [-0.4, -0.2) is 9.78 Å². The molecule has 0 amide bonds. The van der Waals surface area contributed by atoms with E-state index in [0.29, 0.717) is 0 Å². The third-order valence-electron chi connectivity index (χ3n) is 2.26. The Morgan fingerprint density at radius 3 is 1.82 bits per heavy atom. The lowest BCUT2D eigenvalue weighted by atomic mass is 10.3. The van der Waals surface area contributed by atoms with Gasteiger partial charge in [-0.05, 0) is 31.5 Å². The molecular weight excluding hydrogens is 208 g/mol. The van der Waals surface area contributed by atoms with Crippen molar-refractivity contribution in [3.63, 3.8) is 0 Å². The molecule has 2 aromatic rings. The molecule has 0 atom stereocenters. The summed E-state index contributed by atoms with van der Waals surface area (Å²) in [6, 6.07) is 10.2. The summed E-state index contributed by atoms with van der Waals surface area (Å²) >= 11 is 0. The average Bonchev–Trinajstić information content (AvgIpc) is 2.76. The van der Waals surface area contributed by atoms with Gasteiger partial charge >= 0.3 is 0 Å². The van der Waals surface area contributed by atoms with E-state index >= 15 is 0 Å². The molecule has 0 aliphatic heterocycles. The number of hydrogen-bond donors (Lipinski definition) is 0. The fraction of sp³-hybridized carbons (Fsp3) is 0.400. The first kappa shape index (κ1) is 15.4. The molecule has 0 fully saturated rings. The van der Waals surface area contributed by atoms with Crippen molar-refractivity contribution >= 4 is 0 Å². The van der Waals surface area contributed by atoms with Gasteiger partial charge in [-0.2, -0.15) is 5.10 Å². The molecule has 0 saturated carbocycles. The maximum Gasteiger partial charge on any atom is 0.0648 e. The minimum Gasteiger partial charge on any atom is -0.238 e. The number of aryl methyl sites for hydroxylation is 1. The van der Waals surface area contributed by atoms with Crippen molar-refractivity contribution in [2.45, 2.75) is 41.5 Å². The Bertz CT molecular complexity index is 402. The number of para-hydroxylation sites is 1. The molecule has 1 aromatic carbocycles. The quantitative estimate of drug-likeness (QED) is 0.705. The first-order chi connectivity index (χ1) is 8.29. The van der Waals surface area contributed by atoms with Crippen LogP contribution in [0.1, 0.15) is 39.0 Å². The molecule has 1 heterocycles. The predicted molar refractivity (Wildman–Crippen MR) is 75.7 cm³/mol. The second-order valence-corrected chi connectivity index (χ2v) is 3.16. The Morgan fingerprint density at radius 2 is 1.41 bits per heavy atom. The van der Waals surface area contributed by atoms with Crippen LogP contribution in [-0.2, 0) is 0 Å². The van der Waals surface area contributed by atoms with E-state index in [-0.39, 0.29) is 0 Å². The predicted octanol–water partition coefficient (Wildman–Crippen LogP) is 4.54. The minimum atomic E-state index is 1.12. The summed E-state index contributed by atoms with van der Waals surface area (Å²) in [6.45, 7) is 12.1. The summed E-state index contributed by atoms with van der Waals surface area (Å²) in [5, 5.41) is 4.30. The van der Waals surface area contributed by atoms with Crippen molar-refractivity contribution in [3.8, 4) is 5.69 Å². The Labute approximate surface area is 105 Å². The van der Waals surface area contributed by atoms with E-state index in [1.54, 1.807) is 0 Å². The summed E-state index contributed by atoms with van der Waals surface area (Å²) in [4.78, 5) is 0. The van der Waals surface area contributed by atoms with Gasteiger partial charge < -0.3 is 0 Å². The van der Waals surface area contributed by atoms with E-state index in [1.165, 1.54) is 11.3 Å². The molecule has 2 heteroatoms. The van der Waals surface area contributed by atoms with Crippen LogP contribution in [0.2, 0.25) is 0 Å². The van der Waals surface area contributed by atoms with Gasteiger partial charge in [0.25, 0.3) is 0 Å². The fourth-order valence-corrected chi connectivity index (χ4v) is 1.32. The van der Waals surface area contributed by atoms with Gasteiger partial charge in [0.2, 0.25) is 0 Å². The zero-order valence-electron chi connectivity index (χ0n) is 11.9. The van der Waals surface area contributed by atoms with Crippen LogP contribution in [0.4, 0.5) is 0 Å². The zero-order chi connectivity index (χ0) is 13.3. The number of nitrogens with zero attached hydrogens (tertiary/aromatic N) is 2. The Hall–Kier alpha value is -1.57. The molecule has 0 unspecified atom stereocenters. The molecule has 0 saturated heterocycles. The van der Waals surface area contributed by atoms with Gasteiger partial charge in [0.05, 0.1) is 11.9 Å². The summed E-state index contributed by atoms with van der Waals surface area (Å²) in [5.74, 6) is 0. The van der Waals surface area contributed by atoms with E-state index in [4.69, 9.17) is 0 Å². The van der Waals surface area contributed by atoms with Crippen LogP contribution in [0.15, 0.2) is 36.5 Å². The lowest BCUT2D eigenvalue weighted by Gasteiger charge is -2.03. The Morgan fingerprint density at radius 1 is 0.882 bits per heavy atom. The topological polar surface area (TPSA) is 17.8 Å². The maximum atomic E-state index is 4.30. The van der Waals surface area contributed by atoms with Gasteiger partial charge in [0.1, 0.15) is 0 Å². The van der Waals surface area contributed by atoms with Gasteiger partial charge in [0, 0.05) is 5.69 Å². The fourth-order valence-electron chi connectivity index (χ4n) is 1.32. The van der Waals surface area contributed by atoms with E-state index in [0.717, 1.165) is 5.69 Å². The summed E-state index contributed by atoms with van der Waals surface area (Å²) in [7, 11) is 0. The van der Waals surface area contributed by atoms with Crippen molar-refractivity contribution in [2.24, 2.45) is 0 Å². The van der Waals surface area contributed by atoms with Crippen LogP contribution in [0, 0.1) is 13.8 Å². The van der Waals surface area contributed by atoms with Crippen LogP contribution in [0.5, 0.6) is 0 Å². The monoisotopic (exact) mass is 232 g/mol. The standard InChI is InChI=1S/C11H12N2.2C2H6/c1-9-8-12-13(10(9)2)11-6-4-3-5-7-11;2*1-2/h3-8H,1-2H3;2*1-2H3. The summed E-state index contributed by atoms with van der Waals surface area (Å²) in [6.07, 6.45) is 1.89. The van der Waals surface area contributed by atoms with Crippen LogP contribution >= 0.6 is 0 Å². The molecule has 0 spiro atoms. The van der Waals surface area contributed by atoms with Crippen molar-refractivity contribution < 1.29 is 0 Å². The number of hydrogen-bond acceptors (Lipinski definition) is 1. The van der Waals surface area contributed by atoms with Crippen LogP contribution in [0.3, 0.4) is 0 Å². The molecule has 2 nitrogen and oxygen atoms in total. The molecule has 0 bridgehead atoms. The van der Waals surface area contributed by atoms with Crippen molar-refractivity contribution in [1.82, 2.24) is 9.78 Å². The average molecular weight is 232 g/mol. The second kappa shape index (κ2) is 8.57. The SMILES string of the molecule is CC.CC.Cc1cnn(-c2ccccc2)c1C. The smallest absolute Gasteiger partial charge is 0.0648 e. The normalized spacial score (nSPS) is 8.59. The second-order valence-electron chi connectivity index (χ2n) is 3.16. The van der Waals surface area contributed by atoms with Crippen molar-refractivity contribution in [2.75, 3.05) is 0 Å².